The molecule has 134 heavy (non-hydrogen) atoms. The topological polar surface area (TPSA) is 115 Å². The summed E-state index contributed by atoms with van der Waals surface area (Å²) in [6.07, 6.45) is 13.9. The number of aromatic amines is 4. The van der Waals surface area contributed by atoms with E-state index in [4.69, 9.17) is 19.9 Å². The average Bonchev–Trinajstić information content (AvgIpc) is 1.62. The van der Waals surface area contributed by atoms with Crippen molar-refractivity contribution in [2.45, 2.75) is 314 Å². The largest absolute Gasteiger partial charge is 0.355 e. The molecule has 4 N–H and O–H groups in total. The number of nitrogens with one attached hydrogen (secondary N) is 4. The summed E-state index contributed by atoms with van der Waals surface area (Å²) >= 11 is 0. The summed E-state index contributed by atoms with van der Waals surface area (Å²) < 4.78 is 0. The number of hydrogen-bond donors (Lipinski definition) is 4. The Balaban J connectivity index is 1.02. The predicted octanol–water partition coefficient (Wildman–Crippen LogP) is 33.9. The Morgan fingerprint density at radius 1 is 0.179 bits per heavy atom. The Morgan fingerprint density at radius 3 is 0.522 bits per heavy atom. The van der Waals surface area contributed by atoms with Gasteiger partial charge in [-0.05, 0) is 273 Å². The van der Waals surface area contributed by atoms with Gasteiger partial charge in [0.05, 0.1) is 63.6 Å². The molecule has 0 fully saturated rings. The number of fused-ring (bicyclic) bond motifs is 16. The minimum absolute atomic E-state index is 0.149. The van der Waals surface area contributed by atoms with Gasteiger partial charge in [-0.15, -0.1) is 0 Å². The molecule has 12 aromatic rings. The molecule has 16 bridgehead atoms. The van der Waals surface area contributed by atoms with Crippen LogP contribution < -0.4 is 0 Å². The minimum atomic E-state index is -0.186. The molecular formula is C124H146N8Si2. The van der Waals surface area contributed by atoms with Crippen LogP contribution in [0, 0.1) is 0 Å². The van der Waals surface area contributed by atoms with Crippen molar-refractivity contribution in [2.24, 2.45) is 0 Å². The normalized spacial score (nSPS) is 14.1. The molecule has 16 rings (SSSR count). The molecule has 8 nitrogen and oxygen atoms in total. The maximum atomic E-state index is 6.12. The molecule has 6 aromatic heterocycles. The van der Waals surface area contributed by atoms with Crippen LogP contribution in [0.25, 0.3) is 158 Å². The fraction of sp³-hybridized carbons (Fsp3) is 0.387. The Kier molecular flexibility index (Phi) is 24.0. The van der Waals surface area contributed by atoms with Crippen molar-refractivity contribution in [1.82, 2.24) is 39.9 Å². The van der Waals surface area contributed by atoms with Gasteiger partial charge in [-0.25, -0.2) is 19.9 Å². The third kappa shape index (κ3) is 19.9. The summed E-state index contributed by atoms with van der Waals surface area (Å²) in [5.74, 6) is 0. The van der Waals surface area contributed by atoms with E-state index in [1.54, 1.807) is 0 Å². The quantitative estimate of drug-likeness (QED) is 0.108. The molecule has 0 saturated heterocycles. The first-order chi connectivity index (χ1) is 61.8. The number of rotatable bonds is 9. The van der Waals surface area contributed by atoms with Crippen molar-refractivity contribution in [3.63, 3.8) is 0 Å². The van der Waals surface area contributed by atoms with E-state index in [-0.39, 0.29) is 83.1 Å². The van der Waals surface area contributed by atoms with E-state index in [0.717, 1.165) is 167 Å². The smallest absolute Gasteiger partial charge is 0.0743 e. The molecule has 6 aromatic carbocycles. The monoisotopic (exact) mass is 1800 g/mol. The zero-order valence-corrected chi connectivity index (χ0v) is 89.4. The van der Waals surface area contributed by atoms with Gasteiger partial charge < -0.3 is 19.9 Å². The van der Waals surface area contributed by atoms with E-state index in [9.17, 15) is 0 Å². The van der Waals surface area contributed by atoms with Crippen LogP contribution in [0.5, 0.6) is 0 Å². The van der Waals surface area contributed by atoms with E-state index >= 15 is 0 Å². The predicted molar refractivity (Wildman–Crippen MR) is 584 cm³/mol. The molecule has 0 aliphatic carbocycles. The molecule has 10 heterocycles. The molecule has 0 saturated carbocycles. The van der Waals surface area contributed by atoms with Crippen molar-refractivity contribution >= 4 is 109 Å². The first-order valence-electron chi connectivity index (χ1n) is 48.7. The Bertz CT molecular complexity index is 6630. The molecule has 4 aliphatic heterocycles. The highest BCUT2D eigenvalue weighted by molar-refractivity contribution is 7.18. The zero-order chi connectivity index (χ0) is 97.4. The van der Waals surface area contributed by atoms with Gasteiger partial charge in [-0.2, -0.15) is 0 Å². The van der Waals surface area contributed by atoms with Crippen molar-refractivity contribution in [1.29, 1.82) is 0 Å². The molecule has 4 aliphatic rings. The summed E-state index contributed by atoms with van der Waals surface area (Å²) in [5.41, 5.74) is 41.2. The van der Waals surface area contributed by atoms with Gasteiger partial charge in [0.2, 0.25) is 0 Å². The second kappa shape index (κ2) is 33.4. The lowest BCUT2D eigenvalue weighted by molar-refractivity contribution is 0.568. The fourth-order valence-electron chi connectivity index (χ4n) is 18.4. The second-order valence-corrected chi connectivity index (χ2v) is 54.2. The molecule has 0 atom stereocenters. The standard InChI is InChI=1S/C124H146N8Si2/c1-113(2,3)77-49-71(50-78(61-77)114(4,5)6)107-91-39-37-89(125-91)67-101-105(69-103(131-101)111(75-57-85(121(25,26)27)65-86(58-75)122(28,29)30)99-47-45-97(129-99)109(95-43-41-93(107)127-95)73-53-81(117(13,14)15)63-82(54-73)118(16,17)18)133-134-106-70-104-112(76-59-87(123(31,32)33)66-88(60-76)124(34,35)36)100-48-46-98(130-100)110(74-55-83(119(19,20)21)64-84(56-74)120(22,23)24)96-44-42-94(128-96)108(92-40-38-90(126-92)68-102(106)132-104)72-51-79(115(7,8)9)62-80(52-72)116(10,11)12/h37-70,125-126,129-130H,1-36H3. The van der Waals surface area contributed by atoms with Crippen molar-refractivity contribution in [3.05, 3.63) is 282 Å². The van der Waals surface area contributed by atoms with Gasteiger partial charge in [0, 0.05) is 77.5 Å². The van der Waals surface area contributed by atoms with Gasteiger partial charge in [0.25, 0.3) is 0 Å². The summed E-state index contributed by atoms with van der Waals surface area (Å²) in [4.78, 5) is 40.9. The van der Waals surface area contributed by atoms with Crippen molar-refractivity contribution in [2.75, 3.05) is 0 Å². The maximum absolute atomic E-state index is 6.12. The fourth-order valence-corrected chi connectivity index (χ4v) is 21.6. The first kappa shape index (κ1) is 96.1. The minimum Gasteiger partial charge on any atom is -0.355 e. The lowest BCUT2D eigenvalue weighted by atomic mass is 9.78. The lowest BCUT2D eigenvalue weighted by Crippen LogP contribution is -2.16. The Labute approximate surface area is 806 Å². The van der Waals surface area contributed by atoms with Gasteiger partial charge in [-0.3, -0.25) is 0 Å². The van der Waals surface area contributed by atoms with Gasteiger partial charge in [0.15, 0.2) is 0 Å². The highest BCUT2D eigenvalue weighted by atomic mass is 29.1. The number of H-pyrrole nitrogens is 4. The molecule has 690 valence electrons. The van der Waals surface area contributed by atoms with Gasteiger partial charge in [0.1, 0.15) is 0 Å². The van der Waals surface area contributed by atoms with Crippen LogP contribution in [-0.4, -0.2) is 57.9 Å². The third-order valence-corrected chi connectivity index (χ3v) is 30.9. The van der Waals surface area contributed by atoms with Crippen LogP contribution in [0.1, 0.15) is 362 Å². The summed E-state index contributed by atoms with van der Waals surface area (Å²) in [6.45, 7) is 84.2. The van der Waals surface area contributed by atoms with E-state index in [1.807, 2.05) is 0 Å². The van der Waals surface area contributed by atoms with E-state index < -0.39 is 0 Å². The Hall–Kier alpha value is -11.0. The van der Waals surface area contributed by atoms with Crippen LogP contribution in [0.3, 0.4) is 0 Å². The Morgan fingerprint density at radius 2 is 0.343 bits per heavy atom. The van der Waals surface area contributed by atoms with Crippen LogP contribution >= 0.6 is 0 Å². The van der Waals surface area contributed by atoms with Crippen LogP contribution in [-0.2, 0) is 65.0 Å². The van der Waals surface area contributed by atoms with E-state index in [0.29, 0.717) is 0 Å². The third-order valence-electron chi connectivity index (χ3n) is 27.5. The molecule has 10 heteroatoms. The summed E-state index contributed by atoms with van der Waals surface area (Å²) in [6, 6.07) is 66.8. The van der Waals surface area contributed by atoms with Gasteiger partial charge >= 0.3 is 0 Å². The van der Waals surface area contributed by atoms with Crippen molar-refractivity contribution in [3.8, 4) is 66.8 Å². The number of benzene rings is 6. The molecule has 0 amide bonds. The number of aromatic nitrogens is 8. The van der Waals surface area contributed by atoms with Crippen LogP contribution in [0.2, 0.25) is 0 Å². The number of hydrogen-bond acceptors (Lipinski definition) is 4. The summed E-state index contributed by atoms with van der Waals surface area (Å²) in [7, 11) is 0.503. The van der Waals surface area contributed by atoms with Crippen LogP contribution in [0.4, 0.5) is 0 Å². The van der Waals surface area contributed by atoms with E-state index in [1.165, 1.54) is 66.8 Å². The van der Waals surface area contributed by atoms with Crippen molar-refractivity contribution < 1.29 is 0 Å². The lowest BCUT2D eigenvalue weighted by Gasteiger charge is -2.26. The molecule has 0 unspecified atom stereocenters. The first-order valence-corrected chi connectivity index (χ1v) is 51.7. The second-order valence-electron chi connectivity index (χ2n) is 51.1. The molecule has 0 spiro atoms. The highest BCUT2D eigenvalue weighted by Gasteiger charge is 2.34. The van der Waals surface area contributed by atoms with E-state index in [2.05, 4.69) is 476 Å². The molecular weight excluding hydrogens is 1660 g/mol. The highest BCUT2D eigenvalue weighted by Crippen LogP contribution is 2.49. The molecule has 4 radical (unpaired) electrons. The van der Waals surface area contributed by atoms with Crippen LogP contribution in [0.15, 0.2) is 170 Å². The number of nitrogens with zero attached hydrogens (tertiary/aromatic N) is 4. The summed E-state index contributed by atoms with van der Waals surface area (Å²) in [5, 5.41) is 2.32. The zero-order valence-electron chi connectivity index (χ0n) is 87.4. The SMILES string of the molecule is CC(C)(C)c1cc(-c2c3nc(c(-c4cc(C(C)(C)C)cc(C(C)(C)C)c4)c4ccc([nH]4)c(-c4cc(C(C)(C)C)cc(C(C)(C)C)c4)c4nc(cc5ccc2[nH]5)C([Si][Si]C2=Cc5nc2cc2ccc([nH]2)c(-c2cc(C(C)(C)C)cc(C(C)(C)C)c2)c2nc(c(-c6cc(C(C)(C)C)cc(C(C)(C)C)c6)c6ccc([nH]6)c5-c5cc(C(C)(C)C)cc(C(C)(C)C)c5)C=C2)=C4)C=C3)cc(C(C)(C)C)c1. The van der Waals surface area contributed by atoms with Gasteiger partial charge in [-0.1, -0.05) is 358 Å². The maximum Gasteiger partial charge on any atom is 0.0743 e. The average molecular weight is 1800 g/mol.